The maximum Gasteiger partial charge on any atom is 0.337 e. The number of methoxy groups -OCH3 is 1. The fourth-order valence-electron chi connectivity index (χ4n) is 1.97. The summed E-state index contributed by atoms with van der Waals surface area (Å²) in [4.78, 5) is 23.5. The van der Waals surface area contributed by atoms with E-state index < -0.39 is 5.97 Å². The fourth-order valence-corrected chi connectivity index (χ4v) is 1.97. The molecule has 0 unspecified atom stereocenters. The molecule has 1 heterocycles. The van der Waals surface area contributed by atoms with Gasteiger partial charge in [-0.3, -0.25) is 4.79 Å². The maximum absolute atomic E-state index is 12.1. The van der Waals surface area contributed by atoms with Gasteiger partial charge in [-0.25, -0.2) is 4.79 Å². The number of esters is 1. The summed E-state index contributed by atoms with van der Waals surface area (Å²) in [6.45, 7) is 0. The number of benzene rings is 1. The largest absolute Gasteiger partial charge is 0.465 e. The average Bonchev–Trinajstić information content (AvgIpc) is 3.39. The van der Waals surface area contributed by atoms with Crippen LogP contribution in [0.25, 0.3) is 0 Å². The summed E-state index contributed by atoms with van der Waals surface area (Å²) in [5.41, 5.74) is 1.20. The highest BCUT2D eigenvalue weighted by Gasteiger charge is 2.21. The SMILES string of the molecule is COC(=O)c1ccc(NC(=O)c2ccc(NC3CC3)nn2)cc1. The monoisotopic (exact) mass is 312 g/mol. The van der Waals surface area contributed by atoms with Gasteiger partial charge in [0, 0.05) is 11.7 Å². The molecule has 0 spiro atoms. The quantitative estimate of drug-likeness (QED) is 0.821. The molecule has 1 aromatic heterocycles. The van der Waals surface area contributed by atoms with Crippen LogP contribution < -0.4 is 10.6 Å². The number of aromatic nitrogens is 2. The van der Waals surface area contributed by atoms with Crippen molar-refractivity contribution in [2.75, 3.05) is 17.7 Å². The van der Waals surface area contributed by atoms with Crippen molar-refractivity contribution in [2.24, 2.45) is 0 Å². The average molecular weight is 312 g/mol. The number of amides is 1. The second kappa shape index (κ2) is 6.43. The Morgan fingerprint density at radius 2 is 1.83 bits per heavy atom. The molecule has 1 fully saturated rings. The van der Waals surface area contributed by atoms with E-state index in [1.165, 1.54) is 7.11 Å². The number of hydrogen-bond donors (Lipinski definition) is 2. The van der Waals surface area contributed by atoms with Gasteiger partial charge in [0.05, 0.1) is 12.7 Å². The third-order valence-corrected chi connectivity index (χ3v) is 3.39. The predicted octanol–water partition coefficient (Wildman–Crippen LogP) is 2.09. The summed E-state index contributed by atoms with van der Waals surface area (Å²) in [6.07, 6.45) is 2.29. The van der Waals surface area contributed by atoms with Gasteiger partial charge in [0.2, 0.25) is 0 Å². The maximum atomic E-state index is 12.1. The third kappa shape index (κ3) is 3.82. The van der Waals surface area contributed by atoms with Crippen LogP contribution in [0.4, 0.5) is 11.5 Å². The van der Waals surface area contributed by atoms with Gasteiger partial charge < -0.3 is 15.4 Å². The number of anilines is 2. The van der Waals surface area contributed by atoms with Crippen molar-refractivity contribution in [2.45, 2.75) is 18.9 Å². The Bertz CT molecular complexity index is 709. The molecule has 1 saturated carbocycles. The Morgan fingerprint density at radius 1 is 1.09 bits per heavy atom. The van der Waals surface area contributed by atoms with Crippen LogP contribution in [0.2, 0.25) is 0 Å². The fraction of sp³-hybridized carbons (Fsp3) is 0.250. The number of nitrogens with one attached hydrogen (secondary N) is 2. The lowest BCUT2D eigenvalue weighted by molar-refractivity contribution is 0.0600. The number of carbonyl (C=O) groups is 2. The van der Waals surface area contributed by atoms with Gasteiger partial charge in [-0.2, -0.15) is 0 Å². The molecule has 2 N–H and O–H groups in total. The highest BCUT2D eigenvalue weighted by atomic mass is 16.5. The molecule has 2 aromatic rings. The molecule has 118 valence electrons. The van der Waals surface area contributed by atoms with Crippen LogP contribution in [0, 0.1) is 0 Å². The van der Waals surface area contributed by atoms with Crippen molar-refractivity contribution < 1.29 is 14.3 Å². The normalized spacial score (nSPS) is 13.3. The van der Waals surface area contributed by atoms with Crippen LogP contribution in [0.1, 0.15) is 33.7 Å². The number of hydrogen-bond acceptors (Lipinski definition) is 6. The molecule has 0 radical (unpaired) electrons. The zero-order chi connectivity index (χ0) is 16.2. The molecular formula is C16H16N4O3. The van der Waals surface area contributed by atoms with Gasteiger partial charge >= 0.3 is 5.97 Å². The number of nitrogens with zero attached hydrogens (tertiary/aromatic N) is 2. The minimum Gasteiger partial charge on any atom is -0.465 e. The third-order valence-electron chi connectivity index (χ3n) is 3.39. The van der Waals surface area contributed by atoms with Crippen molar-refractivity contribution >= 4 is 23.4 Å². The molecule has 0 atom stereocenters. The highest BCUT2D eigenvalue weighted by molar-refractivity contribution is 6.03. The highest BCUT2D eigenvalue weighted by Crippen LogP contribution is 2.23. The van der Waals surface area contributed by atoms with Gasteiger partial charge in [-0.1, -0.05) is 0 Å². The van der Waals surface area contributed by atoms with E-state index in [-0.39, 0.29) is 11.6 Å². The second-order valence-corrected chi connectivity index (χ2v) is 5.25. The number of ether oxygens (including phenoxy) is 1. The Kier molecular flexibility index (Phi) is 4.18. The summed E-state index contributed by atoms with van der Waals surface area (Å²) in [6, 6.07) is 10.3. The van der Waals surface area contributed by atoms with Crippen molar-refractivity contribution in [3.05, 3.63) is 47.7 Å². The lowest BCUT2D eigenvalue weighted by Gasteiger charge is -2.06. The van der Waals surface area contributed by atoms with Crippen molar-refractivity contribution in [1.29, 1.82) is 0 Å². The lowest BCUT2D eigenvalue weighted by Crippen LogP contribution is -2.15. The van der Waals surface area contributed by atoms with E-state index in [0.717, 1.165) is 12.8 Å². The summed E-state index contributed by atoms with van der Waals surface area (Å²) < 4.78 is 4.62. The van der Waals surface area contributed by atoms with E-state index in [1.807, 2.05) is 0 Å². The Morgan fingerprint density at radius 3 is 2.39 bits per heavy atom. The van der Waals surface area contributed by atoms with Crippen LogP contribution >= 0.6 is 0 Å². The molecule has 1 aliphatic carbocycles. The summed E-state index contributed by atoms with van der Waals surface area (Å²) >= 11 is 0. The number of rotatable bonds is 5. The van der Waals surface area contributed by atoms with E-state index in [0.29, 0.717) is 23.1 Å². The van der Waals surface area contributed by atoms with E-state index in [2.05, 4.69) is 25.6 Å². The molecule has 23 heavy (non-hydrogen) atoms. The minimum absolute atomic E-state index is 0.225. The summed E-state index contributed by atoms with van der Waals surface area (Å²) in [5.74, 6) is -0.111. The van der Waals surface area contributed by atoms with E-state index >= 15 is 0 Å². The zero-order valence-corrected chi connectivity index (χ0v) is 12.6. The lowest BCUT2D eigenvalue weighted by atomic mass is 10.2. The molecular weight excluding hydrogens is 296 g/mol. The van der Waals surface area contributed by atoms with Gasteiger partial charge in [-0.05, 0) is 49.2 Å². The van der Waals surface area contributed by atoms with Crippen LogP contribution in [-0.4, -0.2) is 35.2 Å². The van der Waals surface area contributed by atoms with Crippen molar-refractivity contribution in [3.63, 3.8) is 0 Å². The molecule has 1 aromatic carbocycles. The standard InChI is InChI=1S/C16H16N4O3/c1-23-16(22)10-2-4-12(5-3-10)18-15(21)13-8-9-14(20-19-13)17-11-6-7-11/h2-5,8-9,11H,6-7H2,1H3,(H,17,20)(H,18,21). The molecule has 0 bridgehead atoms. The number of carbonyl (C=O) groups excluding carboxylic acids is 2. The molecule has 1 aliphatic rings. The predicted molar refractivity (Wildman–Crippen MR) is 84.4 cm³/mol. The van der Waals surface area contributed by atoms with E-state index in [1.54, 1.807) is 36.4 Å². The topological polar surface area (TPSA) is 93.2 Å². The molecule has 0 saturated heterocycles. The van der Waals surface area contributed by atoms with Gasteiger partial charge in [0.25, 0.3) is 5.91 Å². The first-order valence-electron chi connectivity index (χ1n) is 7.26. The summed E-state index contributed by atoms with van der Waals surface area (Å²) in [7, 11) is 1.32. The van der Waals surface area contributed by atoms with Crippen LogP contribution in [-0.2, 0) is 4.74 Å². The minimum atomic E-state index is -0.424. The molecule has 0 aliphatic heterocycles. The Balaban J connectivity index is 1.62. The Hall–Kier alpha value is -2.96. The first kappa shape index (κ1) is 15.0. The molecule has 7 heteroatoms. The van der Waals surface area contributed by atoms with Crippen molar-refractivity contribution in [3.8, 4) is 0 Å². The van der Waals surface area contributed by atoms with Crippen LogP contribution in [0.3, 0.4) is 0 Å². The van der Waals surface area contributed by atoms with Crippen molar-refractivity contribution in [1.82, 2.24) is 10.2 Å². The smallest absolute Gasteiger partial charge is 0.337 e. The zero-order valence-electron chi connectivity index (χ0n) is 12.6. The van der Waals surface area contributed by atoms with E-state index in [4.69, 9.17) is 0 Å². The van der Waals surface area contributed by atoms with Gasteiger partial charge in [0.15, 0.2) is 5.69 Å². The first-order chi connectivity index (χ1) is 11.2. The Labute approximate surface area is 133 Å². The second-order valence-electron chi connectivity index (χ2n) is 5.25. The van der Waals surface area contributed by atoms with E-state index in [9.17, 15) is 9.59 Å². The molecule has 3 rings (SSSR count). The van der Waals surface area contributed by atoms with Crippen LogP contribution in [0.15, 0.2) is 36.4 Å². The van der Waals surface area contributed by atoms with Gasteiger partial charge in [-0.15, -0.1) is 10.2 Å². The summed E-state index contributed by atoms with van der Waals surface area (Å²) in [5, 5.41) is 13.8. The first-order valence-corrected chi connectivity index (χ1v) is 7.26. The molecule has 1 amide bonds. The van der Waals surface area contributed by atoms with Crippen LogP contribution in [0.5, 0.6) is 0 Å². The van der Waals surface area contributed by atoms with Gasteiger partial charge in [0.1, 0.15) is 5.82 Å². The molecule has 7 nitrogen and oxygen atoms in total.